The Bertz CT molecular complexity index is 621. The summed E-state index contributed by atoms with van der Waals surface area (Å²) in [7, 11) is 1.60. The van der Waals surface area contributed by atoms with Crippen LogP contribution in [-0.4, -0.2) is 13.0 Å². The van der Waals surface area contributed by atoms with Crippen LogP contribution >= 0.6 is 0 Å². The van der Waals surface area contributed by atoms with Gasteiger partial charge in [0.25, 0.3) is 0 Å². The van der Waals surface area contributed by atoms with Gasteiger partial charge in [-0.3, -0.25) is 4.79 Å². The van der Waals surface area contributed by atoms with Crippen molar-refractivity contribution in [1.29, 1.82) is 0 Å². The summed E-state index contributed by atoms with van der Waals surface area (Å²) >= 11 is 0. The molecule has 0 atom stereocenters. The third kappa shape index (κ3) is 4.24. The Morgan fingerprint density at radius 1 is 1.19 bits per heavy atom. The third-order valence-corrected chi connectivity index (χ3v) is 3.25. The van der Waals surface area contributed by atoms with Crippen LogP contribution in [0.15, 0.2) is 42.5 Å². The van der Waals surface area contributed by atoms with Crippen molar-refractivity contribution in [2.45, 2.75) is 19.8 Å². The van der Waals surface area contributed by atoms with Crippen LogP contribution in [0.5, 0.6) is 5.75 Å². The van der Waals surface area contributed by atoms with E-state index in [4.69, 9.17) is 10.5 Å². The quantitative estimate of drug-likeness (QED) is 0.829. The maximum absolute atomic E-state index is 12.0. The van der Waals surface area contributed by atoms with E-state index in [1.807, 2.05) is 49.4 Å². The molecule has 3 N–H and O–H groups in total. The highest BCUT2D eigenvalue weighted by molar-refractivity contribution is 5.92. The summed E-state index contributed by atoms with van der Waals surface area (Å²) in [5.41, 5.74) is 9.25. The number of hydrogen-bond donors (Lipinski definition) is 2. The number of aryl methyl sites for hydroxylation is 2. The van der Waals surface area contributed by atoms with Gasteiger partial charge in [0.05, 0.1) is 12.8 Å². The first kappa shape index (κ1) is 14.9. The lowest BCUT2D eigenvalue weighted by atomic mass is 10.1. The van der Waals surface area contributed by atoms with Gasteiger partial charge in [0.2, 0.25) is 5.91 Å². The normalized spacial score (nSPS) is 10.2. The summed E-state index contributed by atoms with van der Waals surface area (Å²) in [5, 5.41) is 2.88. The molecule has 1 amide bonds. The number of anilines is 2. The van der Waals surface area contributed by atoms with Gasteiger partial charge in [-0.15, -0.1) is 0 Å². The minimum Gasteiger partial charge on any atom is -0.495 e. The van der Waals surface area contributed by atoms with Crippen LogP contribution in [0.3, 0.4) is 0 Å². The van der Waals surface area contributed by atoms with Gasteiger partial charge >= 0.3 is 0 Å². The molecule has 4 nitrogen and oxygen atoms in total. The Labute approximate surface area is 124 Å². The molecule has 0 bridgehead atoms. The zero-order valence-electron chi connectivity index (χ0n) is 12.3. The predicted octanol–water partition coefficient (Wildman–Crippen LogP) is 3.16. The number of methoxy groups -OCH3 is 1. The molecule has 0 aliphatic heterocycles. The number of ether oxygens (including phenoxy) is 1. The average molecular weight is 284 g/mol. The van der Waals surface area contributed by atoms with Crippen molar-refractivity contribution in [3.05, 3.63) is 53.6 Å². The number of benzene rings is 2. The first-order chi connectivity index (χ1) is 10.1. The zero-order valence-corrected chi connectivity index (χ0v) is 12.3. The molecule has 21 heavy (non-hydrogen) atoms. The summed E-state index contributed by atoms with van der Waals surface area (Å²) < 4.78 is 5.27. The minimum atomic E-state index is -0.0334. The molecule has 2 rings (SSSR count). The van der Waals surface area contributed by atoms with Crippen molar-refractivity contribution in [3.8, 4) is 5.75 Å². The van der Waals surface area contributed by atoms with E-state index in [1.165, 1.54) is 0 Å². The van der Waals surface area contributed by atoms with E-state index in [0.717, 1.165) is 16.8 Å². The van der Waals surface area contributed by atoms with Gasteiger partial charge in [-0.2, -0.15) is 0 Å². The number of carbonyl (C=O) groups is 1. The van der Waals surface area contributed by atoms with E-state index in [0.29, 0.717) is 24.3 Å². The van der Waals surface area contributed by atoms with E-state index in [2.05, 4.69) is 5.32 Å². The fourth-order valence-corrected chi connectivity index (χ4v) is 2.06. The molecule has 2 aromatic carbocycles. The zero-order chi connectivity index (χ0) is 15.2. The molecule has 0 unspecified atom stereocenters. The van der Waals surface area contributed by atoms with Gasteiger partial charge in [0.15, 0.2) is 0 Å². The number of nitrogens with one attached hydrogen (secondary N) is 1. The van der Waals surface area contributed by atoms with Crippen molar-refractivity contribution in [1.82, 2.24) is 0 Å². The van der Waals surface area contributed by atoms with Crippen LogP contribution in [0.2, 0.25) is 0 Å². The lowest BCUT2D eigenvalue weighted by Crippen LogP contribution is -2.13. The Hall–Kier alpha value is -2.49. The van der Waals surface area contributed by atoms with E-state index in [-0.39, 0.29) is 5.91 Å². The highest BCUT2D eigenvalue weighted by Crippen LogP contribution is 2.25. The van der Waals surface area contributed by atoms with Crippen LogP contribution in [0.25, 0.3) is 0 Å². The first-order valence-electron chi connectivity index (χ1n) is 6.87. The molecular weight excluding hydrogens is 264 g/mol. The van der Waals surface area contributed by atoms with Crippen molar-refractivity contribution < 1.29 is 9.53 Å². The van der Waals surface area contributed by atoms with Gasteiger partial charge in [-0.25, -0.2) is 0 Å². The summed E-state index contributed by atoms with van der Waals surface area (Å²) in [6, 6.07) is 13.3. The number of nitrogens with two attached hydrogens (primary N) is 1. The number of carbonyl (C=O) groups excluding carboxylic acids is 1. The van der Waals surface area contributed by atoms with Crippen molar-refractivity contribution in [2.75, 3.05) is 18.2 Å². The van der Waals surface area contributed by atoms with E-state index in [9.17, 15) is 4.79 Å². The molecule has 0 radical (unpaired) electrons. The van der Waals surface area contributed by atoms with E-state index in [1.54, 1.807) is 7.11 Å². The number of amides is 1. The van der Waals surface area contributed by atoms with Crippen LogP contribution in [0, 0.1) is 6.92 Å². The summed E-state index contributed by atoms with van der Waals surface area (Å²) in [6.45, 7) is 1.98. The predicted molar refractivity (Wildman–Crippen MR) is 85.5 cm³/mol. The van der Waals surface area contributed by atoms with Gasteiger partial charge in [0, 0.05) is 12.1 Å². The molecule has 0 saturated carbocycles. The fraction of sp³-hybridized carbons (Fsp3) is 0.235. The minimum absolute atomic E-state index is 0.0334. The van der Waals surface area contributed by atoms with Gasteiger partial charge in [-0.1, -0.05) is 18.2 Å². The molecule has 0 fully saturated rings. The topological polar surface area (TPSA) is 64.3 Å². The average Bonchev–Trinajstić information content (AvgIpc) is 2.48. The summed E-state index contributed by atoms with van der Waals surface area (Å²) in [5.74, 6) is 0.643. The second-order valence-corrected chi connectivity index (χ2v) is 4.99. The molecular formula is C17H20N2O2. The Morgan fingerprint density at radius 2 is 1.90 bits per heavy atom. The molecule has 0 aromatic heterocycles. The number of hydrogen-bond acceptors (Lipinski definition) is 3. The Kier molecular flexibility index (Phi) is 4.82. The van der Waals surface area contributed by atoms with Crippen molar-refractivity contribution >= 4 is 17.3 Å². The van der Waals surface area contributed by atoms with Gasteiger partial charge in [-0.05, 0) is 48.7 Å². The molecule has 0 aliphatic rings. The van der Waals surface area contributed by atoms with E-state index >= 15 is 0 Å². The molecule has 0 spiro atoms. The molecule has 110 valence electrons. The lowest BCUT2D eigenvalue weighted by molar-refractivity contribution is -0.116. The van der Waals surface area contributed by atoms with Gasteiger partial charge in [0.1, 0.15) is 5.75 Å². The molecule has 0 aliphatic carbocycles. The largest absolute Gasteiger partial charge is 0.495 e. The summed E-state index contributed by atoms with van der Waals surface area (Å²) in [6.07, 6.45) is 1.10. The van der Waals surface area contributed by atoms with Crippen LogP contribution in [0.1, 0.15) is 17.5 Å². The SMILES string of the molecule is COc1cc(C)ccc1NC(=O)CCc1ccc(N)cc1. The number of rotatable bonds is 5. The van der Waals surface area contributed by atoms with E-state index < -0.39 is 0 Å². The molecule has 4 heteroatoms. The maximum atomic E-state index is 12.0. The standard InChI is InChI=1S/C17H20N2O2/c1-12-3-9-15(16(11-12)21-2)19-17(20)10-6-13-4-7-14(18)8-5-13/h3-5,7-9,11H,6,10,18H2,1-2H3,(H,19,20). The van der Waals surface area contributed by atoms with Crippen LogP contribution in [0.4, 0.5) is 11.4 Å². The Morgan fingerprint density at radius 3 is 2.57 bits per heavy atom. The Balaban J connectivity index is 1.94. The molecule has 0 saturated heterocycles. The third-order valence-electron chi connectivity index (χ3n) is 3.25. The van der Waals surface area contributed by atoms with Crippen molar-refractivity contribution in [3.63, 3.8) is 0 Å². The second kappa shape index (κ2) is 6.79. The van der Waals surface area contributed by atoms with Gasteiger partial charge < -0.3 is 15.8 Å². The summed E-state index contributed by atoms with van der Waals surface area (Å²) in [4.78, 5) is 12.0. The monoisotopic (exact) mass is 284 g/mol. The highest BCUT2D eigenvalue weighted by Gasteiger charge is 2.08. The fourth-order valence-electron chi connectivity index (χ4n) is 2.06. The lowest BCUT2D eigenvalue weighted by Gasteiger charge is -2.11. The highest BCUT2D eigenvalue weighted by atomic mass is 16.5. The van der Waals surface area contributed by atoms with Crippen LogP contribution < -0.4 is 15.8 Å². The number of nitrogen functional groups attached to an aromatic ring is 1. The maximum Gasteiger partial charge on any atom is 0.224 e. The van der Waals surface area contributed by atoms with Crippen LogP contribution in [-0.2, 0) is 11.2 Å². The second-order valence-electron chi connectivity index (χ2n) is 4.99. The molecule has 0 heterocycles. The smallest absolute Gasteiger partial charge is 0.224 e. The van der Waals surface area contributed by atoms with Crippen molar-refractivity contribution in [2.24, 2.45) is 0 Å². The molecule has 2 aromatic rings. The first-order valence-corrected chi connectivity index (χ1v) is 6.87.